The zero-order chi connectivity index (χ0) is 62.7. The molecule has 1 amide bonds. The lowest BCUT2D eigenvalue weighted by Crippen LogP contribution is -2.32. The molecule has 3 saturated heterocycles. The van der Waals surface area contributed by atoms with E-state index >= 15 is 0 Å². The SMILES string of the molecule is CC1CN(Cc2ccccc2)CC1c1nnc(CN)c(=O)[nH]1.CC1CN(Cc2ccccc2)CC1c1nnc(CNC(=O)CC(F)(F)F)c(=O)[nH]1.CCC(=O)O.CCc1ncc2c(=O)[nH]c(C3CN(Cc4ccccc4)CC3C)nn12.O=P(Br)(Br)Br. The Morgan fingerprint density at radius 2 is 1.03 bits per heavy atom. The van der Waals surface area contributed by atoms with Crippen LogP contribution in [0.4, 0.5) is 13.2 Å². The predicted octanol–water partition coefficient (Wildman–Crippen LogP) is 8.80. The van der Waals surface area contributed by atoms with Gasteiger partial charge in [-0.25, -0.2) is 9.50 Å². The standard InChI is InChI=1S/C19H22F3N5O2.C19H23N5O.C16H21N5O.C3H6O2.Br3OP/c1-12-9-27(10-13-5-3-2-4-6-13)11-14(12)17-24-18(29)15(25-26-17)8-23-16(28)7-19(20,21)22;1-3-17-20-9-16-19(25)21-18(22-24(16)17)15-12-23(10-13(15)2)11-14-7-5-4-6-8-14;1-11-8-21(9-12-5-3-2-4-6-12)10-13(11)15-18-16(22)14(7-17)19-20-15;1-2-3(4)5;1-5(2,3)4/h2-6,12,14H,7-11H2,1H3,(H,23,28)(H,24,26,29);4-9,13,15H,3,10-12H2,1-2H3,(H,21,22,25);2-6,11,13H,7-10,17H2,1H3,(H,18,20,22);2H2,1H3,(H,4,5);. The number of likely N-dealkylation sites (tertiary alicyclic amines) is 3. The fraction of sp³-hybridized carbons (Fsp3) is 0.456. The molecule has 6 atom stereocenters. The molecule has 7 heterocycles. The van der Waals surface area contributed by atoms with Crippen molar-refractivity contribution in [3.05, 3.63) is 180 Å². The lowest BCUT2D eigenvalue weighted by Gasteiger charge is -2.15. The number of carbonyl (C=O) groups excluding carboxylic acids is 1. The average Bonchev–Trinajstić information content (AvgIpc) is 1.85. The predicted molar refractivity (Wildman–Crippen MR) is 332 cm³/mol. The highest BCUT2D eigenvalue weighted by molar-refractivity contribution is 9.94. The molecule has 7 N–H and O–H groups in total. The first-order chi connectivity index (χ1) is 40.8. The summed E-state index contributed by atoms with van der Waals surface area (Å²) in [5.74, 6) is 2.30. The number of carboxylic acids is 1. The number of aromatic nitrogens is 10. The molecule has 0 spiro atoms. The van der Waals surface area contributed by atoms with E-state index in [-0.39, 0.29) is 59.1 Å². The summed E-state index contributed by atoms with van der Waals surface area (Å²) in [7, 11) is 0. The number of carboxylic acid groups (broad SMARTS) is 1. The number of nitrogens with one attached hydrogen (secondary N) is 4. The van der Waals surface area contributed by atoms with Crippen LogP contribution in [0.25, 0.3) is 5.52 Å². The zero-order valence-corrected chi connectivity index (χ0v) is 53.9. The van der Waals surface area contributed by atoms with Crippen molar-refractivity contribution in [2.45, 2.75) is 111 Å². The summed E-state index contributed by atoms with van der Waals surface area (Å²) < 4.78 is 46.0. The van der Waals surface area contributed by atoms with E-state index in [9.17, 15) is 41.7 Å². The van der Waals surface area contributed by atoms with Gasteiger partial charge < -0.3 is 31.1 Å². The highest BCUT2D eigenvalue weighted by Gasteiger charge is 2.36. The number of aliphatic carboxylic acids is 1. The molecule has 6 unspecified atom stereocenters. The van der Waals surface area contributed by atoms with E-state index in [1.807, 2.05) is 42.6 Å². The number of halogens is 6. The van der Waals surface area contributed by atoms with Gasteiger partial charge in [0.2, 0.25) is 5.91 Å². The van der Waals surface area contributed by atoms with Gasteiger partial charge in [0.15, 0.2) is 5.52 Å². The molecule has 3 aromatic carbocycles. The van der Waals surface area contributed by atoms with Crippen molar-refractivity contribution in [3.63, 3.8) is 0 Å². The fourth-order valence-corrected chi connectivity index (χ4v) is 10.3. The molecule has 29 heteroatoms. The Kier molecular flexibility index (Phi) is 26.3. The number of aromatic amines is 3. The molecule has 0 aliphatic carbocycles. The Morgan fingerprint density at radius 3 is 1.40 bits per heavy atom. The first-order valence-electron chi connectivity index (χ1n) is 27.9. The van der Waals surface area contributed by atoms with Crippen molar-refractivity contribution in [2.24, 2.45) is 23.5 Å². The zero-order valence-electron chi connectivity index (χ0n) is 48.3. The Hall–Kier alpha value is -6.13. The second-order valence-electron chi connectivity index (χ2n) is 21.3. The third kappa shape index (κ3) is 21.9. The number of imidazole rings is 1. The topological polar surface area (TPSA) is 300 Å². The summed E-state index contributed by atoms with van der Waals surface area (Å²) in [6.07, 6.45) is -3.62. The first kappa shape index (κ1) is 69.0. The van der Waals surface area contributed by atoms with Gasteiger partial charge in [-0.2, -0.15) is 18.3 Å². The molecule has 464 valence electrons. The van der Waals surface area contributed by atoms with Gasteiger partial charge in [-0.3, -0.25) is 43.2 Å². The Balaban J connectivity index is 0.000000192. The lowest BCUT2D eigenvalue weighted by atomic mass is 9.97. The molecule has 4 aromatic heterocycles. The number of aryl methyl sites for hydroxylation is 1. The molecule has 3 aliphatic rings. The van der Waals surface area contributed by atoms with E-state index in [0.29, 0.717) is 35.5 Å². The smallest absolute Gasteiger partial charge is 0.397 e. The molecule has 86 heavy (non-hydrogen) atoms. The number of fused-ring (bicyclic) bond motifs is 1. The number of alkyl halides is 3. The summed E-state index contributed by atoms with van der Waals surface area (Å²) in [5, 5.41) is 30.5. The summed E-state index contributed by atoms with van der Waals surface area (Å²) in [4.78, 5) is 77.0. The molecule has 0 bridgehead atoms. The van der Waals surface area contributed by atoms with Crippen LogP contribution >= 0.6 is 49.7 Å². The van der Waals surface area contributed by atoms with Crippen LogP contribution in [-0.2, 0) is 53.3 Å². The largest absolute Gasteiger partial charge is 0.481 e. The molecule has 10 rings (SSSR count). The molecular formula is C57H72Br3F3N15O7P. The van der Waals surface area contributed by atoms with Crippen molar-refractivity contribution >= 4 is 67.1 Å². The van der Waals surface area contributed by atoms with Gasteiger partial charge in [-0.15, -0.1) is 20.4 Å². The maximum atomic E-state index is 12.4. The van der Waals surface area contributed by atoms with Gasteiger partial charge in [0.25, 0.3) is 19.9 Å². The van der Waals surface area contributed by atoms with Crippen LogP contribution in [0, 0.1) is 17.8 Å². The van der Waals surface area contributed by atoms with Crippen molar-refractivity contribution in [1.29, 1.82) is 0 Å². The minimum Gasteiger partial charge on any atom is -0.481 e. The van der Waals surface area contributed by atoms with E-state index in [0.717, 1.165) is 70.4 Å². The minimum absolute atomic E-state index is 0.00668. The van der Waals surface area contributed by atoms with Gasteiger partial charge in [-0.1, -0.05) is 126 Å². The second-order valence-corrected chi connectivity index (χ2v) is 39.7. The highest BCUT2D eigenvalue weighted by atomic mass is 80.0. The summed E-state index contributed by atoms with van der Waals surface area (Å²) in [6.45, 7) is 17.8. The van der Waals surface area contributed by atoms with Crippen molar-refractivity contribution in [1.82, 2.24) is 70.0 Å². The number of amides is 1. The molecule has 0 saturated carbocycles. The van der Waals surface area contributed by atoms with E-state index in [4.69, 9.17) is 15.9 Å². The number of carbonyl (C=O) groups is 2. The van der Waals surface area contributed by atoms with Crippen molar-refractivity contribution in [2.75, 3.05) is 39.3 Å². The highest BCUT2D eigenvalue weighted by Crippen LogP contribution is 2.68. The number of H-pyrrole nitrogens is 3. The Labute approximate surface area is 519 Å². The van der Waals surface area contributed by atoms with Crippen LogP contribution in [0.1, 0.15) is 117 Å². The number of rotatable bonds is 15. The third-order valence-corrected chi connectivity index (χ3v) is 14.5. The minimum atomic E-state index is -4.60. The average molecular weight is 1410 g/mol. The van der Waals surface area contributed by atoms with E-state index < -0.39 is 39.8 Å². The van der Waals surface area contributed by atoms with E-state index in [1.165, 1.54) is 16.7 Å². The molecule has 0 radical (unpaired) electrons. The quantitative estimate of drug-likeness (QED) is 0.0522. The van der Waals surface area contributed by atoms with Crippen LogP contribution < -0.4 is 27.7 Å². The normalized spacial score (nSPS) is 19.7. The van der Waals surface area contributed by atoms with Gasteiger partial charge in [0, 0.05) is 143 Å². The van der Waals surface area contributed by atoms with E-state index in [2.05, 4.69) is 183 Å². The Morgan fingerprint density at radius 1 is 0.651 bits per heavy atom. The summed E-state index contributed by atoms with van der Waals surface area (Å²) in [5.41, 5.74) is 9.07. The van der Waals surface area contributed by atoms with Gasteiger partial charge in [-0.05, 0) is 34.4 Å². The van der Waals surface area contributed by atoms with Crippen LogP contribution in [-0.4, -0.2) is 127 Å². The van der Waals surface area contributed by atoms with Crippen LogP contribution in [0.5, 0.6) is 0 Å². The summed E-state index contributed by atoms with van der Waals surface area (Å²) >= 11 is 8.29. The molecule has 3 aliphatic heterocycles. The number of nitrogens with two attached hydrogens (primary N) is 1. The Bertz CT molecular complexity index is 3520. The monoisotopic (exact) mass is 1400 g/mol. The number of nitrogens with zero attached hydrogens (tertiary/aromatic N) is 10. The van der Waals surface area contributed by atoms with Gasteiger partial charge in [0.1, 0.15) is 41.1 Å². The fourth-order valence-electron chi connectivity index (χ4n) is 10.3. The third-order valence-electron chi connectivity index (χ3n) is 14.5. The van der Waals surface area contributed by atoms with E-state index in [1.54, 1.807) is 17.6 Å². The van der Waals surface area contributed by atoms with Crippen molar-refractivity contribution < 1.29 is 32.4 Å². The van der Waals surface area contributed by atoms with Gasteiger partial charge in [0.05, 0.1) is 12.7 Å². The number of hydrogen-bond donors (Lipinski definition) is 6. The maximum absolute atomic E-state index is 12.4. The van der Waals surface area contributed by atoms with Crippen LogP contribution in [0.15, 0.2) is 112 Å². The molecule has 22 nitrogen and oxygen atoms in total. The maximum Gasteiger partial charge on any atom is 0.397 e. The summed E-state index contributed by atoms with van der Waals surface area (Å²) in [6, 6.07) is 31.0. The molecule has 7 aromatic rings. The molecule has 3 fully saturated rings. The lowest BCUT2D eigenvalue weighted by molar-refractivity contribution is -0.154. The van der Waals surface area contributed by atoms with Crippen LogP contribution in [0.2, 0.25) is 0 Å². The molecular weight excluding hydrogens is 1330 g/mol. The first-order valence-corrected chi connectivity index (χ1v) is 35.7. The van der Waals surface area contributed by atoms with Crippen LogP contribution in [0.3, 0.4) is 0 Å². The van der Waals surface area contributed by atoms with Crippen molar-refractivity contribution in [3.8, 4) is 0 Å². The number of benzene rings is 3. The number of hydrogen-bond acceptors (Lipinski definition) is 16. The second kappa shape index (κ2) is 32.7. The van der Waals surface area contributed by atoms with Gasteiger partial charge >= 0.3 is 12.1 Å².